The summed E-state index contributed by atoms with van der Waals surface area (Å²) in [6, 6.07) is 16.2. The van der Waals surface area contributed by atoms with Gasteiger partial charge in [0.15, 0.2) is 0 Å². The van der Waals surface area contributed by atoms with Gasteiger partial charge in [-0.2, -0.15) is 4.98 Å². The van der Waals surface area contributed by atoms with E-state index in [1.807, 2.05) is 36.4 Å². The summed E-state index contributed by atoms with van der Waals surface area (Å²) < 4.78 is 0. The lowest BCUT2D eigenvalue weighted by Crippen LogP contribution is -2.10. The second kappa shape index (κ2) is 8.94. The Kier molecular flexibility index (Phi) is 6.14. The largest absolute Gasteiger partial charge is 0.366 e. The van der Waals surface area contributed by atoms with Crippen molar-refractivity contribution in [3.05, 3.63) is 66.5 Å². The number of rotatable bonds is 8. The van der Waals surface area contributed by atoms with Crippen molar-refractivity contribution in [2.45, 2.75) is 26.8 Å². The van der Waals surface area contributed by atoms with Crippen molar-refractivity contribution < 1.29 is 0 Å². The smallest absolute Gasteiger partial charge is 0.225 e. The highest BCUT2D eigenvalue weighted by atomic mass is 15.1. The quantitative estimate of drug-likeness (QED) is 0.623. The highest BCUT2D eigenvalue weighted by molar-refractivity contribution is 5.64. The van der Waals surface area contributed by atoms with Gasteiger partial charge in [-0.3, -0.25) is 4.98 Å². The van der Waals surface area contributed by atoms with Crippen molar-refractivity contribution in [1.29, 1.82) is 0 Å². The minimum atomic E-state index is 0.643. The summed E-state index contributed by atoms with van der Waals surface area (Å²) >= 11 is 0. The number of pyridine rings is 1. The van der Waals surface area contributed by atoms with E-state index in [0.717, 1.165) is 35.6 Å². The summed E-state index contributed by atoms with van der Waals surface area (Å²) in [7, 11) is 0. The molecule has 134 valence electrons. The number of benzene rings is 1. The van der Waals surface area contributed by atoms with Crippen LogP contribution in [0.5, 0.6) is 0 Å². The monoisotopic (exact) mass is 347 g/mol. The summed E-state index contributed by atoms with van der Waals surface area (Å²) in [6.07, 6.45) is 4.68. The third-order valence-electron chi connectivity index (χ3n) is 4.02. The maximum atomic E-state index is 4.68. The molecule has 0 radical (unpaired) electrons. The fourth-order valence-electron chi connectivity index (χ4n) is 2.54. The van der Waals surface area contributed by atoms with E-state index < -0.39 is 0 Å². The second-order valence-electron chi connectivity index (χ2n) is 6.65. The molecule has 0 spiro atoms. The molecule has 0 aliphatic heterocycles. The van der Waals surface area contributed by atoms with Crippen molar-refractivity contribution >= 4 is 11.8 Å². The van der Waals surface area contributed by atoms with E-state index in [2.05, 4.69) is 51.6 Å². The average Bonchev–Trinajstić information content (AvgIpc) is 2.67. The average molecular weight is 347 g/mol. The molecule has 5 heteroatoms. The Morgan fingerprint density at radius 3 is 2.42 bits per heavy atom. The van der Waals surface area contributed by atoms with Crippen molar-refractivity contribution in [2.75, 3.05) is 17.2 Å². The lowest BCUT2D eigenvalue weighted by molar-refractivity contribution is 0.606. The van der Waals surface area contributed by atoms with Crippen LogP contribution in [-0.2, 0) is 6.54 Å². The molecule has 0 fully saturated rings. The molecular weight excluding hydrogens is 322 g/mol. The summed E-state index contributed by atoms with van der Waals surface area (Å²) in [5, 5.41) is 6.74. The molecule has 2 heterocycles. The number of hydrogen-bond acceptors (Lipinski definition) is 5. The minimum absolute atomic E-state index is 0.643. The maximum Gasteiger partial charge on any atom is 0.225 e. The molecule has 0 saturated carbocycles. The Labute approximate surface area is 154 Å². The Hall–Kier alpha value is -2.95. The van der Waals surface area contributed by atoms with Crippen molar-refractivity contribution in [3.8, 4) is 11.3 Å². The predicted molar refractivity (Wildman–Crippen MR) is 107 cm³/mol. The van der Waals surface area contributed by atoms with E-state index in [4.69, 9.17) is 0 Å². The van der Waals surface area contributed by atoms with Gasteiger partial charge in [-0.05, 0) is 30.0 Å². The predicted octanol–water partition coefficient (Wildman–Crippen LogP) is 4.61. The number of nitrogens with zero attached hydrogens (tertiary/aromatic N) is 3. The molecule has 0 unspecified atom stereocenters. The molecule has 0 aliphatic carbocycles. The lowest BCUT2D eigenvalue weighted by atomic mass is 10.1. The number of hydrogen-bond donors (Lipinski definition) is 2. The fourth-order valence-corrected chi connectivity index (χ4v) is 2.54. The number of aromatic nitrogens is 3. The molecule has 2 aromatic heterocycles. The summed E-state index contributed by atoms with van der Waals surface area (Å²) in [5.74, 6) is 2.11. The molecule has 2 N–H and O–H groups in total. The Morgan fingerprint density at radius 2 is 1.69 bits per heavy atom. The first-order chi connectivity index (χ1) is 12.7. The first kappa shape index (κ1) is 17.9. The van der Waals surface area contributed by atoms with Crippen LogP contribution in [0.3, 0.4) is 0 Å². The van der Waals surface area contributed by atoms with Crippen LogP contribution in [0, 0.1) is 5.92 Å². The Morgan fingerprint density at radius 1 is 0.923 bits per heavy atom. The summed E-state index contributed by atoms with van der Waals surface area (Å²) in [4.78, 5) is 13.4. The van der Waals surface area contributed by atoms with Gasteiger partial charge < -0.3 is 10.6 Å². The van der Waals surface area contributed by atoms with Crippen LogP contribution in [0.4, 0.5) is 11.8 Å². The van der Waals surface area contributed by atoms with Gasteiger partial charge in [-0.15, -0.1) is 0 Å². The Bertz CT molecular complexity index is 803. The number of nitrogens with one attached hydrogen (secondary N) is 2. The molecular formula is C21H25N5. The Balaban J connectivity index is 1.80. The number of anilines is 2. The summed E-state index contributed by atoms with van der Waals surface area (Å²) in [5.41, 5.74) is 3.15. The standard InChI is InChI=1S/C21H25N5/c1-16(2)8-13-23-21-25-19(18-6-4-3-5-7-18)14-20(26-21)24-15-17-9-11-22-12-10-17/h3-7,9-12,14,16H,8,13,15H2,1-2H3,(H2,23,24,25,26). The zero-order chi connectivity index (χ0) is 18.2. The molecule has 0 saturated heterocycles. The second-order valence-corrected chi connectivity index (χ2v) is 6.65. The molecule has 0 amide bonds. The van der Waals surface area contributed by atoms with Crippen molar-refractivity contribution in [1.82, 2.24) is 15.0 Å². The minimum Gasteiger partial charge on any atom is -0.366 e. The van der Waals surface area contributed by atoms with E-state index >= 15 is 0 Å². The van der Waals surface area contributed by atoms with Gasteiger partial charge in [0.25, 0.3) is 0 Å². The van der Waals surface area contributed by atoms with Gasteiger partial charge in [0, 0.05) is 37.1 Å². The first-order valence-corrected chi connectivity index (χ1v) is 9.02. The molecule has 3 aromatic rings. The summed E-state index contributed by atoms with van der Waals surface area (Å²) in [6.45, 7) is 5.98. The maximum absolute atomic E-state index is 4.68. The van der Waals surface area contributed by atoms with Crippen molar-refractivity contribution in [2.24, 2.45) is 5.92 Å². The molecule has 3 rings (SSSR count). The zero-order valence-electron chi connectivity index (χ0n) is 15.3. The van der Waals surface area contributed by atoms with Gasteiger partial charge in [0.2, 0.25) is 5.95 Å². The van der Waals surface area contributed by atoms with Crippen LogP contribution in [0.1, 0.15) is 25.8 Å². The zero-order valence-corrected chi connectivity index (χ0v) is 15.3. The molecule has 0 aliphatic rings. The highest BCUT2D eigenvalue weighted by Gasteiger charge is 2.07. The van der Waals surface area contributed by atoms with Crippen LogP contribution < -0.4 is 10.6 Å². The van der Waals surface area contributed by atoms with E-state index in [9.17, 15) is 0 Å². The van der Waals surface area contributed by atoms with Gasteiger partial charge in [0.1, 0.15) is 5.82 Å². The van der Waals surface area contributed by atoms with E-state index in [0.29, 0.717) is 18.4 Å². The SMILES string of the molecule is CC(C)CCNc1nc(NCc2ccncc2)cc(-c2ccccc2)n1. The molecule has 1 aromatic carbocycles. The van der Waals surface area contributed by atoms with Gasteiger partial charge in [-0.1, -0.05) is 44.2 Å². The third-order valence-corrected chi connectivity index (χ3v) is 4.02. The normalized spacial score (nSPS) is 10.7. The van der Waals surface area contributed by atoms with Crippen LogP contribution in [0.25, 0.3) is 11.3 Å². The van der Waals surface area contributed by atoms with Gasteiger partial charge in [-0.25, -0.2) is 4.98 Å². The third kappa shape index (κ3) is 5.28. The van der Waals surface area contributed by atoms with Gasteiger partial charge >= 0.3 is 0 Å². The van der Waals surface area contributed by atoms with Crippen LogP contribution in [-0.4, -0.2) is 21.5 Å². The highest BCUT2D eigenvalue weighted by Crippen LogP contribution is 2.21. The van der Waals surface area contributed by atoms with E-state index in [1.165, 1.54) is 0 Å². The van der Waals surface area contributed by atoms with Crippen LogP contribution in [0.2, 0.25) is 0 Å². The fraction of sp³-hybridized carbons (Fsp3) is 0.286. The van der Waals surface area contributed by atoms with Crippen LogP contribution in [0.15, 0.2) is 60.9 Å². The molecule has 5 nitrogen and oxygen atoms in total. The first-order valence-electron chi connectivity index (χ1n) is 9.02. The molecule has 0 atom stereocenters. The van der Waals surface area contributed by atoms with E-state index in [1.54, 1.807) is 12.4 Å². The molecule has 26 heavy (non-hydrogen) atoms. The van der Waals surface area contributed by atoms with Crippen LogP contribution >= 0.6 is 0 Å². The lowest BCUT2D eigenvalue weighted by Gasteiger charge is -2.12. The van der Waals surface area contributed by atoms with Crippen molar-refractivity contribution in [3.63, 3.8) is 0 Å². The molecule has 0 bridgehead atoms. The topological polar surface area (TPSA) is 62.7 Å². The van der Waals surface area contributed by atoms with Gasteiger partial charge in [0.05, 0.1) is 5.69 Å². The van der Waals surface area contributed by atoms with E-state index in [-0.39, 0.29) is 0 Å².